The van der Waals surface area contributed by atoms with Crippen molar-refractivity contribution in [2.75, 3.05) is 6.61 Å². The second-order valence-electron chi connectivity index (χ2n) is 8.77. The first-order valence-electron chi connectivity index (χ1n) is 11.4. The maximum atomic E-state index is 11.7. The molecule has 0 unspecified atom stereocenters. The van der Waals surface area contributed by atoms with Gasteiger partial charge in [-0.1, -0.05) is 53.4 Å². The van der Waals surface area contributed by atoms with Gasteiger partial charge in [-0.15, -0.1) is 0 Å². The lowest BCUT2D eigenvalue weighted by Crippen LogP contribution is -2.33. The Kier molecular flexibility index (Phi) is 13.2. The summed E-state index contributed by atoms with van der Waals surface area (Å²) in [6, 6.07) is 0.316. The minimum atomic E-state index is -0.277. The molecule has 0 aliphatic heterocycles. The second-order valence-corrected chi connectivity index (χ2v) is 8.77. The molecule has 1 saturated carbocycles. The van der Waals surface area contributed by atoms with Gasteiger partial charge in [0, 0.05) is 6.04 Å². The topological polar surface area (TPSA) is 38.3 Å². The number of carbonyl (C=O) groups excluding carboxylic acids is 1. The van der Waals surface area contributed by atoms with Crippen molar-refractivity contribution in [3.8, 4) is 0 Å². The summed E-state index contributed by atoms with van der Waals surface area (Å²) in [5.74, 6) is 0. The highest BCUT2D eigenvalue weighted by Gasteiger charge is 2.17. The van der Waals surface area contributed by atoms with Gasteiger partial charge in [-0.3, -0.25) is 0 Å². The van der Waals surface area contributed by atoms with Gasteiger partial charge >= 0.3 is 6.09 Å². The molecule has 1 fully saturated rings. The Hall–Kier alpha value is -1.77. The summed E-state index contributed by atoms with van der Waals surface area (Å²) in [5, 5.41) is 2.95. The molecule has 164 valence electrons. The number of hydrogen-bond donors (Lipinski definition) is 1. The molecule has 0 radical (unpaired) electrons. The van der Waals surface area contributed by atoms with Crippen molar-refractivity contribution in [3.05, 3.63) is 46.6 Å². The zero-order chi connectivity index (χ0) is 21.5. The lowest BCUT2D eigenvalue weighted by Gasteiger charge is -2.11. The van der Waals surface area contributed by atoms with Gasteiger partial charge in [0.05, 0.1) is 0 Å². The van der Waals surface area contributed by atoms with Crippen molar-refractivity contribution >= 4 is 6.09 Å². The molecule has 1 aliphatic carbocycles. The van der Waals surface area contributed by atoms with Crippen LogP contribution in [0.2, 0.25) is 0 Å². The molecular weight excluding hydrogens is 358 g/mol. The Morgan fingerprint density at radius 3 is 1.79 bits per heavy atom. The summed E-state index contributed by atoms with van der Waals surface area (Å²) in [6.07, 6.45) is 20.0. The molecule has 0 bridgehead atoms. The van der Waals surface area contributed by atoms with Gasteiger partial charge in [-0.05, 0) is 92.1 Å². The third-order valence-corrected chi connectivity index (χ3v) is 5.48. The smallest absolute Gasteiger partial charge is 0.407 e. The summed E-state index contributed by atoms with van der Waals surface area (Å²) in [7, 11) is 0. The fourth-order valence-corrected chi connectivity index (χ4v) is 3.53. The number of amides is 1. The minimum Gasteiger partial charge on any atom is -0.445 e. The standard InChI is InChI=1S/C26H43NO2/c1-21(2)11-8-12-22(3)13-9-14-23(4)15-10-16-24(5)19-20-29-26(28)27-25-17-6-7-18-25/h11,13,15,19,25H,6-10,12,14,16-18,20H2,1-5H3,(H,27,28)/b22-13+,23-15+,24-19+. The highest BCUT2D eigenvalue weighted by atomic mass is 16.5. The van der Waals surface area contributed by atoms with Crippen LogP contribution in [-0.4, -0.2) is 18.7 Å². The maximum absolute atomic E-state index is 11.7. The van der Waals surface area contributed by atoms with E-state index in [1.807, 2.05) is 6.08 Å². The summed E-state index contributed by atoms with van der Waals surface area (Å²) in [4.78, 5) is 11.7. The Morgan fingerprint density at radius 1 is 0.793 bits per heavy atom. The highest BCUT2D eigenvalue weighted by Crippen LogP contribution is 2.17. The van der Waals surface area contributed by atoms with E-state index >= 15 is 0 Å². The predicted molar refractivity (Wildman–Crippen MR) is 125 cm³/mol. The normalized spacial score (nSPS) is 16.1. The zero-order valence-corrected chi connectivity index (χ0v) is 19.5. The van der Waals surface area contributed by atoms with Gasteiger partial charge in [0.25, 0.3) is 0 Å². The van der Waals surface area contributed by atoms with E-state index in [4.69, 9.17) is 4.74 Å². The number of ether oxygens (including phenoxy) is 1. The molecule has 0 aromatic heterocycles. The summed E-state index contributed by atoms with van der Waals surface area (Å²) in [6.45, 7) is 11.3. The molecule has 1 aliphatic rings. The Bertz CT molecular complexity index is 600. The van der Waals surface area contributed by atoms with E-state index in [0.717, 1.165) is 44.9 Å². The number of rotatable bonds is 12. The van der Waals surface area contributed by atoms with Crippen LogP contribution in [0.4, 0.5) is 4.79 Å². The molecule has 0 heterocycles. The number of allylic oxidation sites excluding steroid dienone is 7. The molecule has 0 aromatic carbocycles. The quantitative estimate of drug-likeness (QED) is 0.339. The summed E-state index contributed by atoms with van der Waals surface area (Å²) >= 11 is 0. The third-order valence-electron chi connectivity index (χ3n) is 5.48. The van der Waals surface area contributed by atoms with E-state index in [2.05, 4.69) is 58.2 Å². The molecule has 0 atom stereocenters. The van der Waals surface area contributed by atoms with E-state index in [-0.39, 0.29) is 6.09 Å². The van der Waals surface area contributed by atoms with E-state index < -0.39 is 0 Å². The Morgan fingerprint density at radius 2 is 1.28 bits per heavy atom. The summed E-state index contributed by atoms with van der Waals surface area (Å²) in [5.41, 5.74) is 5.63. The van der Waals surface area contributed by atoms with Crippen LogP contribution in [-0.2, 0) is 4.74 Å². The van der Waals surface area contributed by atoms with Gasteiger partial charge in [-0.2, -0.15) is 0 Å². The summed E-state index contributed by atoms with van der Waals surface area (Å²) < 4.78 is 5.27. The molecular formula is C26H43NO2. The van der Waals surface area contributed by atoms with Gasteiger partial charge in [0.2, 0.25) is 0 Å². The molecule has 3 heteroatoms. The average molecular weight is 402 g/mol. The fourth-order valence-electron chi connectivity index (χ4n) is 3.53. The van der Waals surface area contributed by atoms with Crippen LogP contribution in [0.15, 0.2) is 46.6 Å². The second kappa shape index (κ2) is 15.1. The molecule has 29 heavy (non-hydrogen) atoms. The van der Waals surface area contributed by atoms with Crippen molar-refractivity contribution in [2.24, 2.45) is 0 Å². The minimum absolute atomic E-state index is 0.277. The molecule has 1 amide bonds. The van der Waals surface area contributed by atoms with Gasteiger partial charge < -0.3 is 10.1 Å². The Labute approximate surface area is 179 Å². The first-order valence-corrected chi connectivity index (χ1v) is 11.4. The number of carbonyl (C=O) groups is 1. The van der Waals surface area contributed by atoms with Crippen LogP contribution in [0, 0.1) is 0 Å². The van der Waals surface area contributed by atoms with E-state index in [1.54, 1.807) is 0 Å². The molecule has 1 rings (SSSR count). The Balaban J connectivity index is 2.16. The van der Waals surface area contributed by atoms with Gasteiger partial charge in [0.1, 0.15) is 6.61 Å². The third kappa shape index (κ3) is 13.9. The van der Waals surface area contributed by atoms with Crippen LogP contribution in [0.5, 0.6) is 0 Å². The molecule has 0 aromatic rings. The van der Waals surface area contributed by atoms with Crippen molar-refractivity contribution in [2.45, 2.75) is 105 Å². The van der Waals surface area contributed by atoms with Crippen molar-refractivity contribution in [1.29, 1.82) is 0 Å². The number of hydrogen-bond acceptors (Lipinski definition) is 2. The average Bonchev–Trinajstić information content (AvgIpc) is 3.14. The van der Waals surface area contributed by atoms with Crippen LogP contribution >= 0.6 is 0 Å². The van der Waals surface area contributed by atoms with Crippen LogP contribution in [0.25, 0.3) is 0 Å². The lowest BCUT2D eigenvalue weighted by atomic mass is 10.0. The SMILES string of the molecule is CC(C)=CCC/C(C)=C/CC/C(C)=C/CC/C(C)=C/COC(=O)NC1CCCC1. The monoisotopic (exact) mass is 401 g/mol. The van der Waals surface area contributed by atoms with E-state index in [9.17, 15) is 4.79 Å². The molecule has 0 saturated heterocycles. The maximum Gasteiger partial charge on any atom is 0.407 e. The molecule has 1 N–H and O–H groups in total. The molecule has 3 nitrogen and oxygen atoms in total. The van der Waals surface area contributed by atoms with Crippen LogP contribution < -0.4 is 5.32 Å². The lowest BCUT2D eigenvalue weighted by molar-refractivity contribution is 0.154. The van der Waals surface area contributed by atoms with E-state index in [0.29, 0.717) is 12.6 Å². The van der Waals surface area contributed by atoms with E-state index in [1.165, 1.54) is 41.6 Å². The van der Waals surface area contributed by atoms with Gasteiger partial charge in [0.15, 0.2) is 0 Å². The largest absolute Gasteiger partial charge is 0.445 e. The predicted octanol–water partition coefficient (Wildman–Crippen LogP) is 7.80. The van der Waals surface area contributed by atoms with Crippen molar-refractivity contribution in [1.82, 2.24) is 5.32 Å². The number of nitrogens with one attached hydrogen (secondary N) is 1. The van der Waals surface area contributed by atoms with Crippen molar-refractivity contribution in [3.63, 3.8) is 0 Å². The highest BCUT2D eigenvalue weighted by molar-refractivity contribution is 5.67. The molecule has 0 spiro atoms. The van der Waals surface area contributed by atoms with Crippen molar-refractivity contribution < 1.29 is 9.53 Å². The first-order chi connectivity index (χ1) is 13.9. The fraction of sp³-hybridized carbons (Fsp3) is 0.654. The zero-order valence-electron chi connectivity index (χ0n) is 19.5. The van der Waals surface area contributed by atoms with Crippen LogP contribution in [0.1, 0.15) is 98.8 Å². The number of alkyl carbamates (subject to hydrolysis) is 1. The van der Waals surface area contributed by atoms with Gasteiger partial charge in [-0.25, -0.2) is 4.79 Å². The first kappa shape index (κ1) is 25.3. The van der Waals surface area contributed by atoms with Crippen LogP contribution in [0.3, 0.4) is 0 Å².